The Kier molecular flexibility index (Phi) is 4.23. The van der Waals surface area contributed by atoms with Crippen LogP contribution in [0, 0.1) is 0 Å². The lowest BCUT2D eigenvalue weighted by Gasteiger charge is -2.21. The quantitative estimate of drug-likeness (QED) is 0.914. The Balaban J connectivity index is 1.65. The summed E-state index contributed by atoms with van der Waals surface area (Å²) in [6, 6.07) is 12.1. The average molecular weight is 310 g/mol. The Bertz CT molecular complexity index is 690. The molecule has 1 aliphatic heterocycles. The Labute approximate surface area is 134 Å². The fraction of sp³-hybridized carbons (Fsp3) is 0.235. The molecule has 1 aliphatic rings. The molecule has 2 N–H and O–H groups in total. The van der Waals surface area contributed by atoms with Crippen molar-refractivity contribution >= 4 is 23.3 Å². The molecule has 2 aromatic rings. The van der Waals surface area contributed by atoms with Crippen LogP contribution in [-0.4, -0.2) is 29.0 Å². The summed E-state index contributed by atoms with van der Waals surface area (Å²) in [6.45, 7) is 1.98. The van der Waals surface area contributed by atoms with Gasteiger partial charge in [-0.05, 0) is 37.6 Å². The highest BCUT2D eigenvalue weighted by molar-refractivity contribution is 6.03. The van der Waals surface area contributed by atoms with Crippen LogP contribution in [0.5, 0.6) is 0 Å². The second-order valence-electron chi connectivity index (χ2n) is 5.52. The minimum absolute atomic E-state index is 0.0357. The van der Waals surface area contributed by atoms with Gasteiger partial charge in [0.25, 0.3) is 0 Å². The summed E-state index contributed by atoms with van der Waals surface area (Å²) >= 11 is 0. The second kappa shape index (κ2) is 6.48. The van der Waals surface area contributed by atoms with Crippen molar-refractivity contribution in [2.45, 2.75) is 25.4 Å². The maximum atomic E-state index is 12.6. The van der Waals surface area contributed by atoms with Crippen molar-refractivity contribution in [3.05, 3.63) is 54.9 Å². The summed E-state index contributed by atoms with van der Waals surface area (Å²) < 4.78 is 0. The average Bonchev–Trinajstić information content (AvgIpc) is 2.83. The highest BCUT2D eigenvalue weighted by atomic mass is 16.2. The van der Waals surface area contributed by atoms with Crippen LogP contribution in [0.1, 0.15) is 13.3 Å². The van der Waals surface area contributed by atoms with E-state index in [1.807, 2.05) is 37.3 Å². The third kappa shape index (κ3) is 3.31. The standard InChI is InChI=1S/C17H18N4O2/c1-12-10-15(16(22)21(12)14-7-3-2-4-8-14)20-17(23)19-13-6-5-9-18-11-13/h2-9,11-12,15H,10H2,1H3,(H2,19,20,23)/t12-,15+/m0/s1. The number of urea groups is 1. The molecule has 0 spiro atoms. The molecule has 118 valence electrons. The van der Waals surface area contributed by atoms with Gasteiger partial charge in [-0.15, -0.1) is 0 Å². The van der Waals surface area contributed by atoms with E-state index in [4.69, 9.17) is 0 Å². The SMILES string of the molecule is C[C@H]1C[C@@H](NC(=O)Nc2cccnc2)C(=O)N1c1ccccc1. The lowest BCUT2D eigenvalue weighted by Crippen LogP contribution is -2.43. The van der Waals surface area contributed by atoms with Crippen molar-refractivity contribution < 1.29 is 9.59 Å². The summed E-state index contributed by atoms with van der Waals surface area (Å²) in [7, 11) is 0. The number of aromatic nitrogens is 1. The molecule has 0 unspecified atom stereocenters. The van der Waals surface area contributed by atoms with Gasteiger partial charge in [0.2, 0.25) is 5.91 Å². The fourth-order valence-corrected chi connectivity index (χ4v) is 2.79. The maximum Gasteiger partial charge on any atom is 0.319 e. The van der Waals surface area contributed by atoms with Crippen molar-refractivity contribution in [2.24, 2.45) is 0 Å². The lowest BCUT2D eigenvalue weighted by atomic mass is 10.2. The van der Waals surface area contributed by atoms with Crippen LogP contribution in [0.2, 0.25) is 0 Å². The number of nitrogens with zero attached hydrogens (tertiary/aromatic N) is 2. The predicted molar refractivity (Wildman–Crippen MR) is 88.2 cm³/mol. The van der Waals surface area contributed by atoms with Crippen LogP contribution in [-0.2, 0) is 4.79 Å². The first-order valence-corrected chi connectivity index (χ1v) is 7.51. The van der Waals surface area contributed by atoms with Gasteiger partial charge in [-0.3, -0.25) is 9.78 Å². The zero-order valence-corrected chi connectivity index (χ0v) is 12.8. The maximum absolute atomic E-state index is 12.6. The molecule has 6 heteroatoms. The number of benzene rings is 1. The van der Waals surface area contributed by atoms with Gasteiger partial charge in [-0.1, -0.05) is 18.2 Å². The number of carbonyl (C=O) groups excluding carboxylic acids is 2. The molecule has 6 nitrogen and oxygen atoms in total. The van der Waals surface area contributed by atoms with Crippen molar-refractivity contribution in [1.82, 2.24) is 10.3 Å². The van der Waals surface area contributed by atoms with E-state index in [0.29, 0.717) is 12.1 Å². The first-order chi connectivity index (χ1) is 11.1. The lowest BCUT2D eigenvalue weighted by molar-refractivity contribution is -0.118. The number of hydrogen-bond donors (Lipinski definition) is 2. The third-order valence-electron chi connectivity index (χ3n) is 3.81. The molecule has 1 aromatic heterocycles. The Morgan fingerprint density at radius 3 is 2.70 bits per heavy atom. The number of rotatable bonds is 3. The summed E-state index contributed by atoms with van der Waals surface area (Å²) in [5.74, 6) is -0.0926. The monoisotopic (exact) mass is 310 g/mol. The Morgan fingerprint density at radius 1 is 1.22 bits per heavy atom. The molecule has 2 heterocycles. The Hall–Kier alpha value is -2.89. The number of hydrogen-bond acceptors (Lipinski definition) is 3. The van der Waals surface area contributed by atoms with E-state index < -0.39 is 12.1 Å². The van der Waals surface area contributed by atoms with E-state index in [9.17, 15) is 9.59 Å². The molecule has 3 rings (SSSR count). The molecule has 0 saturated carbocycles. The van der Waals surface area contributed by atoms with E-state index >= 15 is 0 Å². The van der Waals surface area contributed by atoms with Crippen molar-refractivity contribution in [3.8, 4) is 0 Å². The van der Waals surface area contributed by atoms with Crippen molar-refractivity contribution in [1.29, 1.82) is 0 Å². The molecule has 1 fully saturated rings. The number of nitrogens with one attached hydrogen (secondary N) is 2. The van der Waals surface area contributed by atoms with Gasteiger partial charge < -0.3 is 15.5 Å². The largest absolute Gasteiger partial charge is 0.326 e. The van der Waals surface area contributed by atoms with Crippen LogP contribution in [0.15, 0.2) is 54.9 Å². The second-order valence-corrected chi connectivity index (χ2v) is 5.52. The van der Waals surface area contributed by atoms with Crippen molar-refractivity contribution in [2.75, 3.05) is 10.2 Å². The van der Waals surface area contributed by atoms with Crippen LogP contribution in [0.4, 0.5) is 16.2 Å². The van der Waals surface area contributed by atoms with Gasteiger partial charge in [-0.2, -0.15) is 0 Å². The number of pyridine rings is 1. The van der Waals surface area contributed by atoms with Gasteiger partial charge in [0.1, 0.15) is 6.04 Å². The van der Waals surface area contributed by atoms with Crippen LogP contribution >= 0.6 is 0 Å². The molecule has 23 heavy (non-hydrogen) atoms. The van der Waals surface area contributed by atoms with E-state index in [-0.39, 0.29) is 11.9 Å². The molecular weight excluding hydrogens is 292 g/mol. The minimum Gasteiger partial charge on any atom is -0.326 e. The molecule has 0 radical (unpaired) electrons. The zero-order valence-electron chi connectivity index (χ0n) is 12.8. The van der Waals surface area contributed by atoms with E-state index in [1.165, 1.54) is 0 Å². The number of para-hydroxylation sites is 1. The fourth-order valence-electron chi connectivity index (χ4n) is 2.79. The van der Waals surface area contributed by atoms with Crippen LogP contribution in [0.25, 0.3) is 0 Å². The van der Waals surface area contributed by atoms with Gasteiger partial charge in [0.05, 0.1) is 11.9 Å². The Morgan fingerprint density at radius 2 is 2.00 bits per heavy atom. The molecule has 0 bridgehead atoms. The summed E-state index contributed by atoms with van der Waals surface area (Å²) in [4.78, 5) is 30.3. The summed E-state index contributed by atoms with van der Waals surface area (Å²) in [5, 5.41) is 5.41. The van der Waals surface area contributed by atoms with Gasteiger partial charge in [0.15, 0.2) is 0 Å². The van der Waals surface area contributed by atoms with E-state index in [2.05, 4.69) is 15.6 Å². The van der Waals surface area contributed by atoms with Crippen LogP contribution < -0.4 is 15.5 Å². The van der Waals surface area contributed by atoms with E-state index in [1.54, 1.807) is 29.4 Å². The van der Waals surface area contributed by atoms with Crippen molar-refractivity contribution in [3.63, 3.8) is 0 Å². The summed E-state index contributed by atoms with van der Waals surface area (Å²) in [5.41, 5.74) is 1.44. The van der Waals surface area contributed by atoms with Gasteiger partial charge >= 0.3 is 6.03 Å². The predicted octanol–water partition coefficient (Wildman–Crippen LogP) is 2.40. The third-order valence-corrected chi connectivity index (χ3v) is 3.81. The highest BCUT2D eigenvalue weighted by Crippen LogP contribution is 2.26. The smallest absolute Gasteiger partial charge is 0.319 e. The normalized spacial score (nSPS) is 20.4. The molecular formula is C17H18N4O2. The van der Waals surface area contributed by atoms with Gasteiger partial charge in [-0.25, -0.2) is 4.79 Å². The first-order valence-electron chi connectivity index (χ1n) is 7.51. The molecule has 1 saturated heterocycles. The van der Waals surface area contributed by atoms with E-state index in [0.717, 1.165) is 5.69 Å². The zero-order chi connectivity index (χ0) is 16.2. The molecule has 2 atom stereocenters. The van der Waals surface area contributed by atoms with Crippen LogP contribution in [0.3, 0.4) is 0 Å². The molecule has 3 amide bonds. The molecule has 1 aromatic carbocycles. The topological polar surface area (TPSA) is 74.3 Å². The first kappa shape index (κ1) is 15.0. The minimum atomic E-state index is -0.526. The number of carbonyl (C=O) groups is 2. The number of anilines is 2. The molecule has 0 aliphatic carbocycles. The van der Waals surface area contributed by atoms with Gasteiger partial charge in [0, 0.05) is 17.9 Å². The number of amides is 3. The summed E-state index contributed by atoms with van der Waals surface area (Å²) in [6.07, 6.45) is 3.76. The highest BCUT2D eigenvalue weighted by Gasteiger charge is 2.38.